The number of aromatic nitrogens is 1. The first-order valence-corrected chi connectivity index (χ1v) is 6.65. The molecule has 0 aliphatic heterocycles. The van der Waals surface area contributed by atoms with Crippen molar-refractivity contribution >= 4 is 16.7 Å². The lowest BCUT2D eigenvalue weighted by Gasteiger charge is -2.08. The maximum atomic E-state index is 13.2. The summed E-state index contributed by atoms with van der Waals surface area (Å²) in [5.74, 6) is -1.37. The summed E-state index contributed by atoms with van der Waals surface area (Å²) in [5.41, 5.74) is 0.804. The Morgan fingerprint density at radius 3 is 2.50 bits per heavy atom. The van der Waals surface area contributed by atoms with Crippen molar-refractivity contribution in [1.82, 2.24) is 4.57 Å². The number of carboxylic acid groups (broad SMARTS) is 1. The number of carbonyl (C=O) groups is 1. The Morgan fingerprint density at radius 2 is 1.82 bits per heavy atom. The lowest BCUT2D eigenvalue weighted by atomic mass is 10.1. The molecule has 0 fully saturated rings. The third-order valence-corrected chi connectivity index (χ3v) is 3.49. The minimum atomic E-state index is -0.989. The number of halogens is 1. The van der Waals surface area contributed by atoms with Crippen molar-refractivity contribution in [3.05, 3.63) is 82.0 Å². The van der Waals surface area contributed by atoms with Crippen molar-refractivity contribution in [3.8, 4) is 0 Å². The van der Waals surface area contributed by atoms with Gasteiger partial charge in [0, 0.05) is 11.6 Å². The number of benzene rings is 2. The van der Waals surface area contributed by atoms with Crippen molar-refractivity contribution in [2.75, 3.05) is 0 Å². The van der Waals surface area contributed by atoms with E-state index in [1.165, 1.54) is 34.9 Å². The van der Waals surface area contributed by atoms with Crippen molar-refractivity contribution < 1.29 is 14.3 Å². The van der Waals surface area contributed by atoms with Crippen molar-refractivity contribution in [3.63, 3.8) is 0 Å². The Hall–Kier alpha value is -2.95. The van der Waals surface area contributed by atoms with Gasteiger partial charge in [-0.2, -0.15) is 0 Å². The lowest BCUT2D eigenvalue weighted by molar-refractivity contribution is 0.0697. The quantitative estimate of drug-likeness (QED) is 0.808. The second kappa shape index (κ2) is 5.44. The summed E-state index contributed by atoms with van der Waals surface area (Å²) in [6, 6.07) is 12.1. The average molecular weight is 297 g/mol. The number of hydrogen-bond acceptors (Lipinski definition) is 2. The van der Waals surface area contributed by atoms with Gasteiger partial charge in [-0.1, -0.05) is 12.1 Å². The minimum Gasteiger partial charge on any atom is -0.478 e. The Kier molecular flexibility index (Phi) is 3.47. The fourth-order valence-corrected chi connectivity index (χ4v) is 2.33. The Labute approximate surface area is 125 Å². The minimum absolute atomic E-state index is 0.199. The van der Waals surface area contributed by atoms with E-state index in [0.29, 0.717) is 17.3 Å². The van der Waals surface area contributed by atoms with E-state index in [9.17, 15) is 14.0 Å². The molecule has 0 aliphatic rings. The molecule has 0 aliphatic carbocycles. The molecule has 1 aromatic heterocycles. The molecule has 3 rings (SSSR count). The fraction of sp³-hybridized carbons (Fsp3) is 0.0588. The van der Waals surface area contributed by atoms with Gasteiger partial charge in [-0.15, -0.1) is 0 Å². The van der Waals surface area contributed by atoms with E-state index in [1.807, 2.05) is 0 Å². The molecule has 0 atom stereocenters. The van der Waals surface area contributed by atoms with Crippen LogP contribution in [0, 0.1) is 5.82 Å². The fourth-order valence-electron chi connectivity index (χ4n) is 2.33. The van der Waals surface area contributed by atoms with Gasteiger partial charge in [0.05, 0.1) is 12.1 Å². The maximum absolute atomic E-state index is 13.2. The zero-order valence-electron chi connectivity index (χ0n) is 11.5. The standard InChI is InChI=1S/C17H12FNO3/c18-14-5-6-15-13(9-14)7-8-19(16(15)20)10-11-1-3-12(4-2-11)17(21)22/h1-9H,10H2,(H,21,22). The first-order chi connectivity index (χ1) is 10.5. The molecule has 22 heavy (non-hydrogen) atoms. The first kappa shape index (κ1) is 14.0. The normalized spacial score (nSPS) is 10.8. The van der Waals surface area contributed by atoms with Crippen molar-refractivity contribution in [2.24, 2.45) is 0 Å². The van der Waals surface area contributed by atoms with Gasteiger partial charge in [0.15, 0.2) is 0 Å². The monoisotopic (exact) mass is 297 g/mol. The molecule has 110 valence electrons. The number of carboxylic acids is 1. The van der Waals surface area contributed by atoms with Gasteiger partial charge in [-0.3, -0.25) is 4.79 Å². The summed E-state index contributed by atoms with van der Waals surface area (Å²) in [7, 11) is 0. The molecule has 0 saturated carbocycles. The van der Waals surface area contributed by atoms with Crippen LogP contribution in [0.4, 0.5) is 4.39 Å². The predicted molar refractivity (Wildman–Crippen MR) is 80.7 cm³/mol. The predicted octanol–water partition coefficient (Wildman–Crippen LogP) is 2.89. The van der Waals surface area contributed by atoms with Crippen LogP contribution >= 0.6 is 0 Å². The lowest BCUT2D eigenvalue weighted by Crippen LogP contribution is -2.20. The largest absolute Gasteiger partial charge is 0.478 e. The van der Waals surface area contributed by atoms with E-state index in [-0.39, 0.29) is 16.9 Å². The molecule has 0 radical (unpaired) electrons. The summed E-state index contributed by atoms with van der Waals surface area (Å²) in [4.78, 5) is 23.2. The SMILES string of the molecule is O=C(O)c1ccc(Cn2ccc3cc(F)ccc3c2=O)cc1. The van der Waals surface area contributed by atoms with Gasteiger partial charge in [0.2, 0.25) is 0 Å². The molecule has 0 bridgehead atoms. The van der Waals surface area contributed by atoms with E-state index in [4.69, 9.17) is 5.11 Å². The summed E-state index contributed by atoms with van der Waals surface area (Å²) < 4.78 is 14.7. The van der Waals surface area contributed by atoms with E-state index < -0.39 is 5.97 Å². The second-order valence-electron chi connectivity index (χ2n) is 4.98. The van der Waals surface area contributed by atoms with Gasteiger partial charge < -0.3 is 9.67 Å². The van der Waals surface area contributed by atoms with E-state index in [0.717, 1.165) is 5.56 Å². The molecule has 2 aromatic carbocycles. The van der Waals surface area contributed by atoms with Crippen LogP contribution in [0.2, 0.25) is 0 Å². The van der Waals surface area contributed by atoms with Crippen LogP contribution in [0.1, 0.15) is 15.9 Å². The van der Waals surface area contributed by atoms with Crippen molar-refractivity contribution in [2.45, 2.75) is 6.54 Å². The molecule has 0 spiro atoms. The Bertz CT molecular complexity index is 913. The topological polar surface area (TPSA) is 59.3 Å². The highest BCUT2D eigenvalue weighted by molar-refractivity contribution is 5.87. The van der Waals surface area contributed by atoms with Gasteiger partial charge in [-0.25, -0.2) is 9.18 Å². The molecule has 0 saturated heterocycles. The second-order valence-corrected chi connectivity index (χ2v) is 4.98. The van der Waals surface area contributed by atoms with E-state index in [1.54, 1.807) is 24.4 Å². The Morgan fingerprint density at radius 1 is 1.09 bits per heavy atom. The van der Waals surface area contributed by atoms with E-state index in [2.05, 4.69) is 0 Å². The highest BCUT2D eigenvalue weighted by atomic mass is 19.1. The first-order valence-electron chi connectivity index (χ1n) is 6.65. The number of aromatic carboxylic acids is 1. The molecule has 0 amide bonds. The number of pyridine rings is 1. The van der Waals surface area contributed by atoms with Gasteiger partial charge >= 0.3 is 5.97 Å². The summed E-state index contributed by atoms with van der Waals surface area (Å²) in [6.45, 7) is 0.325. The smallest absolute Gasteiger partial charge is 0.335 e. The highest BCUT2D eigenvalue weighted by Gasteiger charge is 2.06. The summed E-state index contributed by atoms with van der Waals surface area (Å²) in [6.07, 6.45) is 1.61. The molecule has 4 nitrogen and oxygen atoms in total. The van der Waals surface area contributed by atoms with Crippen LogP contribution in [-0.4, -0.2) is 15.6 Å². The molecular weight excluding hydrogens is 285 g/mol. The molecule has 1 N–H and O–H groups in total. The molecule has 0 unspecified atom stereocenters. The van der Waals surface area contributed by atoms with E-state index >= 15 is 0 Å². The average Bonchev–Trinajstić information content (AvgIpc) is 2.50. The highest BCUT2D eigenvalue weighted by Crippen LogP contribution is 2.12. The molecule has 5 heteroatoms. The number of fused-ring (bicyclic) bond motifs is 1. The maximum Gasteiger partial charge on any atom is 0.335 e. The van der Waals surface area contributed by atoms with Gasteiger partial charge in [-0.05, 0) is 47.3 Å². The summed E-state index contributed by atoms with van der Waals surface area (Å²) in [5, 5.41) is 9.87. The molecular formula is C17H12FNO3. The van der Waals surface area contributed by atoms with Gasteiger partial charge in [0.25, 0.3) is 5.56 Å². The van der Waals surface area contributed by atoms with Crippen LogP contribution in [0.25, 0.3) is 10.8 Å². The van der Waals surface area contributed by atoms with Crippen LogP contribution in [0.15, 0.2) is 59.5 Å². The van der Waals surface area contributed by atoms with Crippen LogP contribution in [0.5, 0.6) is 0 Å². The van der Waals surface area contributed by atoms with Crippen molar-refractivity contribution in [1.29, 1.82) is 0 Å². The third-order valence-electron chi connectivity index (χ3n) is 3.49. The Balaban J connectivity index is 1.97. The molecule has 1 heterocycles. The van der Waals surface area contributed by atoms with Crippen LogP contribution < -0.4 is 5.56 Å². The zero-order chi connectivity index (χ0) is 15.7. The number of nitrogens with zero attached hydrogens (tertiary/aromatic N) is 1. The zero-order valence-corrected chi connectivity index (χ0v) is 11.5. The molecule has 3 aromatic rings. The number of hydrogen-bond donors (Lipinski definition) is 1. The summed E-state index contributed by atoms with van der Waals surface area (Å²) >= 11 is 0. The van der Waals surface area contributed by atoms with Gasteiger partial charge in [0.1, 0.15) is 5.82 Å². The third kappa shape index (κ3) is 2.61. The van der Waals surface area contributed by atoms with Crippen LogP contribution in [-0.2, 0) is 6.54 Å². The number of rotatable bonds is 3. The van der Waals surface area contributed by atoms with Crippen LogP contribution in [0.3, 0.4) is 0 Å².